The highest BCUT2D eigenvalue weighted by molar-refractivity contribution is 6.15. The van der Waals surface area contributed by atoms with Crippen LogP contribution in [0.4, 0.5) is 5.69 Å². The van der Waals surface area contributed by atoms with Crippen LogP contribution in [0.25, 0.3) is 6.08 Å². The average Bonchev–Trinajstić information content (AvgIpc) is 2.83. The number of ether oxygens (including phenoxy) is 2. The van der Waals surface area contributed by atoms with Gasteiger partial charge in [0.2, 0.25) is 5.91 Å². The van der Waals surface area contributed by atoms with E-state index < -0.39 is 5.54 Å². The molecule has 4 rings (SSSR count). The lowest BCUT2D eigenvalue weighted by Crippen LogP contribution is -2.70. The second kappa shape index (κ2) is 10.1. The summed E-state index contributed by atoms with van der Waals surface area (Å²) in [6.45, 7) is 2.49. The van der Waals surface area contributed by atoms with Gasteiger partial charge < -0.3 is 14.8 Å². The molecule has 174 valence electrons. The normalized spacial score (nSPS) is 21.0. The first-order valence-electron chi connectivity index (χ1n) is 11.8. The minimum atomic E-state index is -1.08. The number of carbonyl (C=O) groups is 2. The fourth-order valence-electron chi connectivity index (χ4n) is 4.73. The fourth-order valence-corrected chi connectivity index (χ4v) is 4.73. The zero-order chi connectivity index (χ0) is 23.3. The predicted molar refractivity (Wildman–Crippen MR) is 129 cm³/mol. The third kappa shape index (κ3) is 4.75. The van der Waals surface area contributed by atoms with E-state index in [-0.39, 0.29) is 24.3 Å². The molecule has 0 radical (unpaired) electrons. The van der Waals surface area contributed by atoms with Gasteiger partial charge in [-0.3, -0.25) is 14.5 Å². The van der Waals surface area contributed by atoms with Crippen molar-refractivity contribution in [3.05, 3.63) is 60.2 Å². The van der Waals surface area contributed by atoms with Gasteiger partial charge in [0, 0.05) is 17.3 Å². The van der Waals surface area contributed by atoms with Gasteiger partial charge in [0.1, 0.15) is 11.5 Å². The highest BCUT2D eigenvalue weighted by Gasteiger charge is 2.56. The minimum absolute atomic E-state index is 0.0809. The summed E-state index contributed by atoms with van der Waals surface area (Å²) in [5, 5.41) is 3.24. The first-order valence-corrected chi connectivity index (χ1v) is 11.8. The summed E-state index contributed by atoms with van der Waals surface area (Å²) in [5.41, 5.74) is 0.455. The fraction of sp³-hybridized carbons (Fsp3) is 0.407. The second-order valence-corrected chi connectivity index (χ2v) is 8.64. The number of amides is 2. The van der Waals surface area contributed by atoms with Gasteiger partial charge in [-0.2, -0.15) is 0 Å². The van der Waals surface area contributed by atoms with Crippen LogP contribution in [-0.4, -0.2) is 37.1 Å². The maximum atomic E-state index is 13.7. The molecule has 1 atom stereocenters. The van der Waals surface area contributed by atoms with Crippen LogP contribution < -0.4 is 19.7 Å². The number of methoxy groups -OCH3 is 1. The van der Waals surface area contributed by atoms with Gasteiger partial charge in [-0.05, 0) is 56.2 Å². The molecule has 1 heterocycles. The van der Waals surface area contributed by atoms with Crippen LogP contribution in [0.2, 0.25) is 0 Å². The monoisotopic (exact) mass is 448 g/mol. The summed E-state index contributed by atoms with van der Waals surface area (Å²) in [6.07, 6.45) is 9.28. The molecule has 0 unspecified atom stereocenters. The largest absolute Gasteiger partial charge is 0.496 e. The molecule has 2 aromatic rings. The number of anilines is 1. The molecular weight excluding hydrogens is 416 g/mol. The van der Waals surface area contributed by atoms with Crippen molar-refractivity contribution in [1.29, 1.82) is 0 Å². The van der Waals surface area contributed by atoms with E-state index in [9.17, 15) is 9.59 Å². The summed E-state index contributed by atoms with van der Waals surface area (Å²) < 4.78 is 11.0. The van der Waals surface area contributed by atoms with E-state index in [0.29, 0.717) is 12.3 Å². The number of carbonyl (C=O) groups excluding carboxylic acids is 2. The van der Waals surface area contributed by atoms with Gasteiger partial charge in [0.15, 0.2) is 5.54 Å². The SMILES string of the molecule is CCOc1ccc(N2C(=O)C[C@@]2(/C=C/c2ccccc2OC)C(=O)NC2CCCCC2)cc1. The van der Waals surface area contributed by atoms with Crippen molar-refractivity contribution in [3.63, 3.8) is 0 Å². The number of hydrogen-bond acceptors (Lipinski definition) is 4. The quantitative estimate of drug-likeness (QED) is 0.593. The molecule has 2 aliphatic rings. The Morgan fingerprint density at radius 2 is 1.85 bits per heavy atom. The summed E-state index contributed by atoms with van der Waals surface area (Å²) in [5.74, 6) is 1.24. The molecule has 0 bridgehead atoms. The van der Waals surface area contributed by atoms with Crippen molar-refractivity contribution in [2.45, 2.75) is 57.0 Å². The van der Waals surface area contributed by atoms with Crippen molar-refractivity contribution in [1.82, 2.24) is 5.32 Å². The molecule has 1 saturated carbocycles. The lowest BCUT2D eigenvalue weighted by molar-refractivity contribution is -0.137. The third-order valence-electron chi connectivity index (χ3n) is 6.49. The Bertz CT molecular complexity index is 1010. The summed E-state index contributed by atoms with van der Waals surface area (Å²) in [6, 6.07) is 15.1. The predicted octanol–water partition coefficient (Wildman–Crippen LogP) is 4.73. The number of nitrogens with zero attached hydrogens (tertiary/aromatic N) is 1. The molecular formula is C27H32N2O4. The van der Waals surface area contributed by atoms with E-state index in [1.807, 2.05) is 67.6 Å². The van der Waals surface area contributed by atoms with E-state index in [1.54, 1.807) is 12.0 Å². The van der Waals surface area contributed by atoms with Crippen molar-refractivity contribution >= 4 is 23.6 Å². The molecule has 1 saturated heterocycles. The van der Waals surface area contributed by atoms with Gasteiger partial charge in [-0.25, -0.2) is 0 Å². The summed E-state index contributed by atoms with van der Waals surface area (Å²) in [7, 11) is 1.62. The van der Waals surface area contributed by atoms with Crippen molar-refractivity contribution < 1.29 is 19.1 Å². The Labute approximate surface area is 195 Å². The Morgan fingerprint density at radius 3 is 2.52 bits per heavy atom. The van der Waals surface area contributed by atoms with E-state index in [2.05, 4.69) is 5.32 Å². The lowest BCUT2D eigenvalue weighted by atomic mass is 9.80. The Hall–Kier alpha value is -3.28. The molecule has 0 spiro atoms. The highest BCUT2D eigenvalue weighted by Crippen LogP contribution is 2.40. The smallest absolute Gasteiger partial charge is 0.251 e. The molecule has 1 N–H and O–H groups in total. The van der Waals surface area contributed by atoms with Gasteiger partial charge in [-0.1, -0.05) is 43.5 Å². The first kappa shape index (κ1) is 22.9. The van der Waals surface area contributed by atoms with E-state index in [0.717, 1.165) is 42.7 Å². The zero-order valence-electron chi connectivity index (χ0n) is 19.4. The summed E-state index contributed by atoms with van der Waals surface area (Å²) >= 11 is 0. The van der Waals surface area contributed by atoms with Crippen LogP contribution in [-0.2, 0) is 9.59 Å². The van der Waals surface area contributed by atoms with Crippen molar-refractivity contribution in [2.24, 2.45) is 0 Å². The molecule has 1 aliphatic carbocycles. The molecule has 6 nitrogen and oxygen atoms in total. The van der Waals surface area contributed by atoms with E-state index >= 15 is 0 Å². The van der Waals surface area contributed by atoms with Crippen LogP contribution in [0.15, 0.2) is 54.6 Å². The van der Waals surface area contributed by atoms with E-state index in [1.165, 1.54) is 6.42 Å². The van der Waals surface area contributed by atoms with Gasteiger partial charge >= 0.3 is 0 Å². The summed E-state index contributed by atoms with van der Waals surface area (Å²) in [4.78, 5) is 28.1. The maximum absolute atomic E-state index is 13.7. The minimum Gasteiger partial charge on any atom is -0.496 e. The number of β-lactam (4-membered cyclic amide) rings is 1. The second-order valence-electron chi connectivity index (χ2n) is 8.64. The lowest BCUT2D eigenvalue weighted by Gasteiger charge is -2.49. The van der Waals surface area contributed by atoms with Gasteiger partial charge in [-0.15, -0.1) is 0 Å². The number of nitrogens with one attached hydrogen (secondary N) is 1. The number of benzene rings is 2. The third-order valence-corrected chi connectivity index (χ3v) is 6.49. The number of rotatable bonds is 8. The molecule has 2 amide bonds. The molecule has 2 fully saturated rings. The Kier molecular flexibility index (Phi) is 7.02. The number of hydrogen-bond donors (Lipinski definition) is 1. The van der Waals surface area contributed by atoms with Gasteiger partial charge in [0.05, 0.1) is 20.1 Å². The maximum Gasteiger partial charge on any atom is 0.251 e. The first-order chi connectivity index (χ1) is 16.1. The van der Waals surface area contributed by atoms with E-state index in [4.69, 9.17) is 9.47 Å². The average molecular weight is 449 g/mol. The topological polar surface area (TPSA) is 67.9 Å². The zero-order valence-corrected chi connectivity index (χ0v) is 19.4. The number of para-hydroxylation sites is 1. The van der Waals surface area contributed by atoms with Crippen LogP contribution in [0.5, 0.6) is 11.5 Å². The molecule has 1 aliphatic heterocycles. The van der Waals surface area contributed by atoms with Crippen LogP contribution in [0, 0.1) is 0 Å². The van der Waals surface area contributed by atoms with Gasteiger partial charge in [0.25, 0.3) is 5.91 Å². The molecule has 33 heavy (non-hydrogen) atoms. The van der Waals surface area contributed by atoms with Crippen LogP contribution in [0.1, 0.15) is 51.0 Å². The Balaban J connectivity index is 1.67. The van der Waals surface area contributed by atoms with Crippen LogP contribution in [0.3, 0.4) is 0 Å². The van der Waals surface area contributed by atoms with Crippen LogP contribution >= 0.6 is 0 Å². The highest BCUT2D eigenvalue weighted by atomic mass is 16.5. The van der Waals surface area contributed by atoms with Crippen molar-refractivity contribution in [2.75, 3.05) is 18.6 Å². The van der Waals surface area contributed by atoms with Crippen molar-refractivity contribution in [3.8, 4) is 11.5 Å². The molecule has 2 aromatic carbocycles. The Morgan fingerprint density at radius 1 is 1.12 bits per heavy atom. The molecule has 6 heteroatoms. The standard InChI is InChI=1S/C27H32N2O4/c1-3-33-23-15-13-22(14-16-23)29-25(30)19-27(29,26(31)28-21-10-5-4-6-11-21)18-17-20-9-7-8-12-24(20)32-2/h7-9,12-18,21H,3-6,10-11,19H2,1-2H3,(H,28,31)/b18-17+/t27-/m0/s1. The molecule has 0 aromatic heterocycles.